The summed E-state index contributed by atoms with van der Waals surface area (Å²) < 4.78 is 0. The maximum absolute atomic E-state index is 13.8. The second-order valence-electron chi connectivity index (χ2n) is 16.1. The van der Waals surface area contributed by atoms with Gasteiger partial charge in [0.25, 0.3) is 0 Å². The van der Waals surface area contributed by atoms with Crippen molar-refractivity contribution in [2.75, 3.05) is 25.1 Å². The van der Waals surface area contributed by atoms with Crippen LogP contribution in [0.2, 0.25) is 0 Å². The minimum atomic E-state index is -1.64. The van der Waals surface area contributed by atoms with Crippen molar-refractivity contribution in [1.29, 1.82) is 0 Å². The average Bonchev–Trinajstić information content (AvgIpc) is 3.25. The number of aliphatic carboxylic acids is 1. The van der Waals surface area contributed by atoms with Gasteiger partial charge in [-0.2, -0.15) is 11.8 Å². The lowest BCUT2D eigenvalue weighted by Crippen LogP contribution is -2.61. The molecule has 11 atom stereocenters. The minimum absolute atomic E-state index is 0.0476. The van der Waals surface area contributed by atoms with E-state index >= 15 is 0 Å². The quantitative estimate of drug-likeness (QED) is 0.0334. The first kappa shape index (κ1) is 58.5. The van der Waals surface area contributed by atoms with Crippen LogP contribution in [0.15, 0.2) is 24.3 Å². The fourth-order valence-corrected chi connectivity index (χ4v) is 6.56. The third-order valence-electron chi connectivity index (χ3n) is 10.3. The van der Waals surface area contributed by atoms with E-state index in [2.05, 4.69) is 42.5 Å². The van der Waals surface area contributed by atoms with E-state index in [1.54, 1.807) is 20.1 Å². The van der Waals surface area contributed by atoms with Gasteiger partial charge in [-0.15, -0.1) is 0 Å². The van der Waals surface area contributed by atoms with Gasteiger partial charge in [-0.1, -0.05) is 32.4 Å². The Balaban J connectivity index is 3.11. The minimum Gasteiger partial charge on any atom is -0.508 e. The highest BCUT2D eigenvalue weighted by Gasteiger charge is 2.35. The third kappa shape index (κ3) is 20.7. The highest BCUT2D eigenvalue weighted by atomic mass is 32.2. The molecule has 0 aliphatic heterocycles. The Hall–Kier alpha value is -5.56. The molecule has 0 aliphatic carbocycles. The molecule has 0 spiro atoms. The molecule has 0 saturated carbocycles. The van der Waals surface area contributed by atoms with E-state index in [-0.39, 0.29) is 25.0 Å². The zero-order valence-corrected chi connectivity index (χ0v) is 39.4. The van der Waals surface area contributed by atoms with E-state index in [0.29, 0.717) is 37.1 Å². The normalized spacial score (nSPS) is 16.1. The predicted octanol–water partition coefficient (Wildman–Crippen LogP) is -3.41. The molecule has 0 radical (unpaired) electrons. The summed E-state index contributed by atoms with van der Waals surface area (Å²) in [5.74, 6) is -8.30. The molecule has 66 heavy (non-hydrogen) atoms. The van der Waals surface area contributed by atoms with Gasteiger partial charge in [0.05, 0.1) is 24.8 Å². The molecule has 0 bridgehead atoms. The number of carboxylic acids is 1. The number of carbonyl (C=O) groups excluding carboxylic acids is 8. The van der Waals surface area contributed by atoms with Crippen molar-refractivity contribution >= 4 is 65.0 Å². The van der Waals surface area contributed by atoms with E-state index in [9.17, 15) is 63.6 Å². The number of unbranched alkanes of at least 4 members (excludes halogenated alkanes) is 1. The standard InChI is InChI=1S/C42H70N10O13S/c1-8-21(2)32(51-41(63)34(25(6)54)52-35(57)22(3)44)39(61)45-20-31(56)50-33(24(5)53)40(62)46-23(4)36(58)47-28(16-18-66-7)37(59)49-30(19-26-12-14-27(55)15-13-26)38(60)48-29(42(64)65)11-9-10-17-43/h12-15,21-25,28-30,32-34,53-55H,8-11,16-20,43-44H2,1-7H3,(H,45,61)(H,46,62)(H,47,58)(H,48,60)(H,49,59)(H,50,56)(H,51,63)(H,52,57)(H,64,65)/t21-,22-,23-,24+,25+,28-,29-,30-,32-,33-,34-/m0/s1. The van der Waals surface area contributed by atoms with Crippen molar-refractivity contribution in [2.45, 2.75) is 141 Å². The Morgan fingerprint density at radius 3 is 1.70 bits per heavy atom. The number of hydrogen-bond donors (Lipinski definition) is 14. The van der Waals surface area contributed by atoms with Crippen LogP contribution in [0.4, 0.5) is 0 Å². The van der Waals surface area contributed by atoms with Gasteiger partial charge in [-0.3, -0.25) is 38.4 Å². The third-order valence-corrected chi connectivity index (χ3v) is 11.0. The summed E-state index contributed by atoms with van der Waals surface area (Å²) in [5.41, 5.74) is 11.6. The number of aliphatic hydroxyl groups excluding tert-OH is 2. The van der Waals surface area contributed by atoms with Gasteiger partial charge in [-0.25, -0.2) is 4.79 Å². The smallest absolute Gasteiger partial charge is 0.326 e. The van der Waals surface area contributed by atoms with Crippen molar-refractivity contribution in [3.05, 3.63) is 29.8 Å². The number of carboxylic acid groups (broad SMARTS) is 1. The lowest BCUT2D eigenvalue weighted by atomic mass is 9.97. The molecule has 0 saturated heterocycles. The number of aromatic hydroxyl groups is 1. The molecule has 1 rings (SSSR count). The summed E-state index contributed by atoms with van der Waals surface area (Å²) in [6.45, 7) is 8.10. The van der Waals surface area contributed by atoms with E-state index in [1.807, 2.05) is 0 Å². The summed E-state index contributed by atoms with van der Waals surface area (Å²) in [6.07, 6.45) is 0.229. The molecule has 0 fully saturated rings. The molecule has 1 aromatic carbocycles. The molecule has 372 valence electrons. The summed E-state index contributed by atoms with van der Waals surface area (Å²) in [5, 5.41) is 59.6. The number of phenolic OH excluding ortho intramolecular Hbond substituents is 1. The van der Waals surface area contributed by atoms with Gasteiger partial charge < -0.3 is 74.4 Å². The van der Waals surface area contributed by atoms with Crippen LogP contribution in [0.25, 0.3) is 0 Å². The Bertz CT molecular complexity index is 1790. The van der Waals surface area contributed by atoms with Gasteiger partial charge in [0, 0.05) is 6.42 Å². The number of carbonyl (C=O) groups is 9. The zero-order chi connectivity index (χ0) is 50.3. The first-order valence-electron chi connectivity index (χ1n) is 21.7. The van der Waals surface area contributed by atoms with Crippen LogP contribution >= 0.6 is 11.8 Å². The second kappa shape index (κ2) is 29.9. The zero-order valence-electron chi connectivity index (χ0n) is 38.6. The van der Waals surface area contributed by atoms with Crippen molar-refractivity contribution < 1.29 is 63.6 Å². The average molecular weight is 955 g/mol. The number of phenols is 1. The summed E-state index contributed by atoms with van der Waals surface area (Å²) in [6, 6.07) is -4.76. The number of aliphatic hydroxyl groups is 2. The Morgan fingerprint density at radius 1 is 0.636 bits per heavy atom. The molecule has 0 aliphatic rings. The molecule has 8 amide bonds. The predicted molar refractivity (Wildman–Crippen MR) is 244 cm³/mol. The Labute approximate surface area is 388 Å². The second-order valence-corrected chi connectivity index (χ2v) is 17.1. The van der Waals surface area contributed by atoms with Gasteiger partial charge in [0.2, 0.25) is 47.3 Å². The largest absolute Gasteiger partial charge is 0.508 e. The van der Waals surface area contributed by atoms with Crippen molar-refractivity contribution in [2.24, 2.45) is 17.4 Å². The van der Waals surface area contributed by atoms with E-state index in [4.69, 9.17) is 11.5 Å². The number of benzene rings is 1. The van der Waals surface area contributed by atoms with Crippen LogP contribution in [0.1, 0.15) is 79.2 Å². The molecule has 23 nitrogen and oxygen atoms in total. The van der Waals surface area contributed by atoms with Crippen LogP contribution in [0, 0.1) is 5.92 Å². The molecule has 0 unspecified atom stereocenters. The van der Waals surface area contributed by atoms with E-state index in [1.165, 1.54) is 63.7 Å². The molecule has 1 aromatic rings. The number of thioether (sulfide) groups is 1. The van der Waals surface area contributed by atoms with Crippen LogP contribution in [0.3, 0.4) is 0 Å². The fraction of sp³-hybridized carbons (Fsp3) is 0.643. The van der Waals surface area contributed by atoms with Gasteiger partial charge in [-0.05, 0) is 95.5 Å². The van der Waals surface area contributed by atoms with Crippen LogP contribution in [0.5, 0.6) is 5.75 Å². The number of nitrogens with one attached hydrogen (secondary N) is 8. The van der Waals surface area contributed by atoms with Crippen LogP contribution in [-0.4, -0.2) is 159 Å². The van der Waals surface area contributed by atoms with Crippen molar-refractivity contribution in [3.63, 3.8) is 0 Å². The Kier molecular flexibility index (Phi) is 26.5. The molecular weight excluding hydrogens is 885 g/mol. The number of nitrogens with two attached hydrogens (primary N) is 2. The van der Waals surface area contributed by atoms with Crippen LogP contribution in [-0.2, 0) is 49.6 Å². The monoisotopic (exact) mass is 954 g/mol. The lowest BCUT2D eigenvalue weighted by Gasteiger charge is -2.28. The first-order chi connectivity index (χ1) is 31.0. The molecular formula is C42H70N10O13S. The van der Waals surface area contributed by atoms with Gasteiger partial charge in [0.15, 0.2) is 0 Å². The van der Waals surface area contributed by atoms with E-state index < -0.39 is 126 Å². The maximum atomic E-state index is 13.8. The molecule has 16 N–H and O–H groups in total. The van der Waals surface area contributed by atoms with E-state index in [0.717, 1.165) is 0 Å². The maximum Gasteiger partial charge on any atom is 0.326 e. The van der Waals surface area contributed by atoms with Crippen LogP contribution < -0.4 is 54.0 Å². The summed E-state index contributed by atoms with van der Waals surface area (Å²) in [4.78, 5) is 118. The molecule has 0 heterocycles. The molecule has 0 aromatic heterocycles. The number of rotatable bonds is 30. The highest BCUT2D eigenvalue weighted by Crippen LogP contribution is 2.14. The Morgan fingerprint density at radius 2 is 1.17 bits per heavy atom. The van der Waals surface area contributed by atoms with Gasteiger partial charge >= 0.3 is 5.97 Å². The van der Waals surface area contributed by atoms with Crippen molar-refractivity contribution in [1.82, 2.24) is 42.5 Å². The summed E-state index contributed by atoms with van der Waals surface area (Å²) >= 11 is 1.36. The fourth-order valence-electron chi connectivity index (χ4n) is 6.08. The van der Waals surface area contributed by atoms with Crippen molar-refractivity contribution in [3.8, 4) is 5.75 Å². The highest BCUT2D eigenvalue weighted by molar-refractivity contribution is 7.98. The molecule has 24 heteroatoms. The van der Waals surface area contributed by atoms with Gasteiger partial charge in [0.1, 0.15) is 48.0 Å². The number of amides is 8. The summed E-state index contributed by atoms with van der Waals surface area (Å²) in [7, 11) is 0. The lowest BCUT2D eigenvalue weighted by molar-refractivity contribution is -0.142. The first-order valence-corrected chi connectivity index (χ1v) is 23.1. The number of hydrogen-bond acceptors (Lipinski definition) is 15. The topological polar surface area (TPSA) is 383 Å². The SMILES string of the molecule is CC[C@H](C)[C@H](NC(=O)[C@@H](NC(=O)[C@H](C)N)[C@@H](C)O)C(=O)NCC(=O)N[C@H](C(=O)N[C@@H](C)C(=O)N[C@@H](CCSC)C(=O)N[C@@H](Cc1ccc(O)cc1)C(=O)N[C@@H](CCCCN)C(=O)O)[C@@H](C)O.